The molecule has 1 aliphatic carbocycles. The summed E-state index contributed by atoms with van der Waals surface area (Å²) in [6.45, 7) is 17.5. The van der Waals surface area contributed by atoms with Gasteiger partial charge < -0.3 is 28.7 Å². The van der Waals surface area contributed by atoms with Crippen molar-refractivity contribution in [2.75, 3.05) is 39.4 Å². The van der Waals surface area contributed by atoms with Crippen LogP contribution in [-0.4, -0.2) is 72.6 Å². The fraction of sp³-hybridized carbons (Fsp3) is 0.610. The second kappa shape index (κ2) is 18.6. The highest BCUT2D eigenvalue weighted by Crippen LogP contribution is 2.48. The van der Waals surface area contributed by atoms with Gasteiger partial charge in [-0.3, -0.25) is 0 Å². The molecule has 1 saturated carbocycles. The number of hydrogen-bond donors (Lipinski definition) is 0. The highest BCUT2D eigenvalue weighted by Gasteiger charge is 2.44. The van der Waals surface area contributed by atoms with Crippen LogP contribution in [0, 0.1) is 23.7 Å². The van der Waals surface area contributed by atoms with Crippen LogP contribution in [0.3, 0.4) is 0 Å². The Morgan fingerprint density at radius 2 is 1.16 bits per heavy atom. The molecule has 2 unspecified atom stereocenters. The molecule has 270 valence electrons. The number of ether oxygens (including phenoxy) is 4. The van der Waals surface area contributed by atoms with Crippen LogP contribution in [0.5, 0.6) is 0 Å². The van der Waals surface area contributed by atoms with Crippen LogP contribution in [0.2, 0.25) is 0 Å². The Morgan fingerprint density at radius 3 is 1.65 bits per heavy atom. The van der Waals surface area contributed by atoms with E-state index in [1.807, 2.05) is 75.6 Å². The minimum atomic E-state index is -0.427. The molecular weight excluding hydrogens is 616 g/mol. The molecule has 2 saturated heterocycles. The van der Waals surface area contributed by atoms with E-state index >= 15 is 0 Å². The number of carbonyl (C=O) groups is 2. The monoisotopic (exact) mass is 676 g/mol. The van der Waals surface area contributed by atoms with Gasteiger partial charge in [0.2, 0.25) is 0 Å². The molecular formula is C41H60N2O6. The molecule has 49 heavy (non-hydrogen) atoms. The summed E-state index contributed by atoms with van der Waals surface area (Å²) in [5.74, 6) is 2.76. The van der Waals surface area contributed by atoms with Crippen LogP contribution in [0.1, 0.15) is 84.8 Å². The van der Waals surface area contributed by atoms with Gasteiger partial charge in [-0.25, -0.2) is 9.59 Å². The molecule has 0 bridgehead atoms. The van der Waals surface area contributed by atoms with Crippen molar-refractivity contribution in [3.63, 3.8) is 0 Å². The fourth-order valence-corrected chi connectivity index (χ4v) is 6.45. The second-order valence-electron chi connectivity index (χ2n) is 15.7. The molecule has 5 rings (SSSR count). The predicted molar refractivity (Wildman–Crippen MR) is 194 cm³/mol. The van der Waals surface area contributed by atoms with Gasteiger partial charge in [0.15, 0.2) is 0 Å². The average molecular weight is 677 g/mol. The number of benzene rings is 2. The Hall–Kier alpha value is -3.36. The van der Waals surface area contributed by atoms with E-state index in [2.05, 4.69) is 48.6 Å². The summed E-state index contributed by atoms with van der Waals surface area (Å²) >= 11 is 0. The standard InChI is InChI=1S/C21H31NO3.C20H29NO3/c1-21(2,3)25-20(23)22-11-9-17(10-12-22)19-13-18(19)15-24-14-16-7-5-4-6-8-16;1-20(2,3)24-19(22)21-13-11-17(12-14-21)10-7-15-23-16-18-8-5-4-6-9-18/h4-8,17-19H,9-15H2,1-3H3;4-10,17H,11-16H2,1-3H3/b;10-7+. The Labute approximate surface area is 295 Å². The third-order valence-electron chi connectivity index (χ3n) is 9.14. The van der Waals surface area contributed by atoms with Gasteiger partial charge >= 0.3 is 12.2 Å². The zero-order valence-corrected chi connectivity index (χ0v) is 30.8. The number of likely N-dealkylation sites (tertiary alicyclic amines) is 2. The molecule has 2 atom stereocenters. The molecule has 2 aromatic rings. The van der Waals surface area contributed by atoms with E-state index in [0.717, 1.165) is 70.3 Å². The van der Waals surface area contributed by atoms with Crippen molar-refractivity contribution in [2.45, 2.75) is 98.1 Å². The van der Waals surface area contributed by atoms with E-state index in [1.165, 1.54) is 17.5 Å². The van der Waals surface area contributed by atoms with E-state index in [0.29, 0.717) is 31.7 Å². The SMILES string of the molecule is CC(C)(C)OC(=O)N1CCC(/C=C/COCc2ccccc2)CC1.CC(C)(C)OC(=O)N1CCC(C2CC2COCc2ccccc2)CC1. The van der Waals surface area contributed by atoms with Gasteiger partial charge in [0.1, 0.15) is 11.2 Å². The number of hydrogen-bond acceptors (Lipinski definition) is 6. The molecule has 3 fully saturated rings. The summed E-state index contributed by atoms with van der Waals surface area (Å²) in [4.78, 5) is 27.8. The largest absolute Gasteiger partial charge is 0.444 e. The van der Waals surface area contributed by atoms with E-state index in [1.54, 1.807) is 0 Å². The van der Waals surface area contributed by atoms with Crippen LogP contribution in [0.25, 0.3) is 0 Å². The van der Waals surface area contributed by atoms with Gasteiger partial charge in [0.05, 0.1) is 26.4 Å². The van der Waals surface area contributed by atoms with Crippen LogP contribution < -0.4 is 0 Å². The van der Waals surface area contributed by atoms with E-state index in [9.17, 15) is 9.59 Å². The maximum absolute atomic E-state index is 12.1. The van der Waals surface area contributed by atoms with Crippen LogP contribution in [-0.2, 0) is 32.2 Å². The summed E-state index contributed by atoms with van der Waals surface area (Å²) < 4.78 is 22.4. The molecule has 2 heterocycles. The minimum Gasteiger partial charge on any atom is -0.444 e. The first-order valence-corrected chi connectivity index (χ1v) is 18.2. The van der Waals surface area contributed by atoms with Gasteiger partial charge in [-0.15, -0.1) is 0 Å². The number of rotatable bonds is 10. The first kappa shape index (κ1) is 38.4. The summed E-state index contributed by atoms with van der Waals surface area (Å²) in [6.07, 6.45) is 9.39. The predicted octanol–water partition coefficient (Wildman–Crippen LogP) is 8.89. The number of amides is 2. The van der Waals surface area contributed by atoms with E-state index in [4.69, 9.17) is 18.9 Å². The molecule has 0 spiro atoms. The highest BCUT2D eigenvalue weighted by atomic mass is 16.6. The van der Waals surface area contributed by atoms with Crippen LogP contribution in [0.4, 0.5) is 9.59 Å². The lowest BCUT2D eigenvalue weighted by molar-refractivity contribution is 0.0166. The van der Waals surface area contributed by atoms with Gasteiger partial charge in [-0.1, -0.05) is 72.8 Å². The van der Waals surface area contributed by atoms with Crippen LogP contribution in [0.15, 0.2) is 72.8 Å². The Morgan fingerprint density at radius 1 is 0.694 bits per heavy atom. The number of nitrogens with zero attached hydrogens (tertiary/aromatic N) is 2. The maximum Gasteiger partial charge on any atom is 0.410 e. The molecule has 3 aliphatic rings. The van der Waals surface area contributed by atoms with Gasteiger partial charge in [-0.05, 0) is 108 Å². The summed E-state index contributed by atoms with van der Waals surface area (Å²) in [6, 6.07) is 20.5. The van der Waals surface area contributed by atoms with Crippen molar-refractivity contribution in [3.05, 3.63) is 83.9 Å². The van der Waals surface area contributed by atoms with Crippen molar-refractivity contribution in [1.82, 2.24) is 9.80 Å². The molecule has 8 nitrogen and oxygen atoms in total. The minimum absolute atomic E-state index is 0.163. The Kier molecular flexibility index (Phi) is 14.6. The Balaban J connectivity index is 0.000000221. The van der Waals surface area contributed by atoms with Crippen molar-refractivity contribution in [1.29, 1.82) is 0 Å². The van der Waals surface area contributed by atoms with Gasteiger partial charge in [-0.2, -0.15) is 0 Å². The fourth-order valence-electron chi connectivity index (χ4n) is 6.45. The number of allylic oxidation sites excluding steroid dienone is 1. The molecule has 0 radical (unpaired) electrons. The zero-order chi connectivity index (χ0) is 35.3. The summed E-state index contributed by atoms with van der Waals surface area (Å²) in [5.41, 5.74) is 1.59. The highest BCUT2D eigenvalue weighted by molar-refractivity contribution is 5.68. The van der Waals surface area contributed by atoms with Crippen molar-refractivity contribution < 1.29 is 28.5 Å². The lowest BCUT2D eigenvalue weighted by Crippen LogP contribution is -2.42. The van der Waals surface area contributed by atoms with Crippen molar-refractivity contribution in [3.8, 4) is 0 Å². The number of carbonyl (C=O) groups excluding carboxylic acids is 2. The first-order chi connectivity index (χ1) is 23.4. The second-order valence-corrected chi connectivity index (χ2v) is 15.7. The molecule has 8 heteroatoms. The lowest BCUT2D eigenvalue weighted by atomic mass is 9.91. The average Bonchev–Trinajstić information content (AvgIpc) is 3.84. The summed E-state index contributed by atoms with van der Waals surface area (Å²) in [5, 5.41) is 0. The molecule has 2 amide bonds. The number of piperidine rings is 2. The van der Waals surface area contributed by atoms with E-state index in [-0.39, 0.29) is 12.2 Å². The van der Waals surface area contributed by atoms with Gasteiger partial charge in [0.25, 0.3) is 0 Å². The van der Waals surface area contributed by atoms with Crippen molar-refractivity contribution in [2.24, 2.45) is 23.7 Å². The summed E-state index contributed by atoms with van der Waals surface area (Å²) in [7, 11) is 0. The first-order valence-electron chi connectivity index (χ1n) is 18.2. The quantitative estimate of drug-likeness (QED) is 0.185. The molecule has 2 aliphatic heterocycles. The zero-order valence-electron chi connectivity index (χ0n) is 30.8. The lowest BCUT2D eigenvalue weighted by Gasteiger charge is -2.33. The normalized spacial score (nSPS) is 20.4. The van der Waals surface area contributed by atoms with Crippen LogP contribution >= 0.6 is 0 Å². The maximum atomic E-state index is 12.1. The van der Waals surface area contributed by atoms with Crippen molar-refractivity contribution >= 4 is 12.2 Å². The van der Waals surface area contributed by atoms with Gasteiger partial charge in [0, 0.05) is 26.2 Å². The Bertz CT molecular complexity index is 1290. The van der Waals surface area contributed by atoms with E-state index < -0.39 is 11.2 Å². The topological polar surface area (TPSA) is 77.5 Å². The molecule has 0 N–H and O–H groups in total. The third kappa shape index (κ3) is 14.6. The molecule has 2 aromatic carbocycles. The third-order valence-corrected chi connectivity index (χ3v) is 9.14. The smallest absolute Gasteiger partial charge is 0.410 e. The molecule has 0 aromatic heterocycles.